The van der Waals surface area contributed by atoms with Crippen LogP contribution in [-0.2, 0) is 7.05 Å². The maximum atomic E-state index is 5.54. The van der Waals surface area contributed by atoms with Gasteiger partial charge in [0, 0.05) is 31.9 Å². The molecule has 1 aromatic rings. The number of nitrogens with one attached hydrogen (secondary N) is 1. The molecule has 0 fully saturated rings. The molecule has 0 aliphatic carbocycles. The highest BCUT2D eigenvalue weighted by atomic mass is 35.5. The number of hydrogen-bond acceptors (Lipinski definition) is 2. The molecule has 0 saturated carbocycles. The number of imidazole rings is 1. The third kappa shape index (κ3) is 2.74. The molecule has 1 rings (SSSR count). The summed E-state index contributed by atoms with van der Waals surface area (Å²) in [6.45, 7) is 0.942. The molecule has 68 valence electrons. The van der Waals surface area contributed by atoms with Crippen LogP contribution >= 0.6 is 11.6 Å². The van der Waals surface area contributed by atoms with Crippen molar-refractivity contribution in [3.8, 4) is 0 Å². The summed E-state index contributed by atoms with van der Waals surface area (Å²) in [5.74, 6) is 1.66. The molecular weight excluding hydrogens is 174 g/mol. The number of nitrogens with zero attached hydrogens (tertiary/aromatic N) is 2. The molecule has 1 N–H and O–H groups in total. The first-order valence-electron chi connectivity index (χ1n) is 4.11. The predicted octanol–water partition coefficient (Wildman–Crippen LogP) is 1.85. The second-order valence-electron chi connectivity index (χ2n) is 2.68. The maximum absolute atomic E-state index is 5.54. The molecule has 0 radical (unpaired) electrons. The van der Waals surface area contributed by atoms with E-state index >= 15 is 0 Å². The second-order valence-corrected chi connectivity index (χ2v) is 3.06. The lowest BCUT2D eigenvalue weighted by molar-refractivity contribution is 0.816. The van der Waals surface area contributed by atoms with Gasteiger partial charge in [0.15, 0.2) is 0 Å². The molecule has 0 amide bonds. The molecule has 12 heavy (non-hydrogen) atoms. The zero-order valence-corrected chi connectivity index (χ0v) is 8.01. The topological polar surface area (TPSA) is 29.9 Å². The number of unbranched alkanes of at least 4 members (excludes halogenated alkanes) is 1. The number of alkyl halides is 1. The summed E-state index contributed by atoms with van der Waals surface area (Å²) in [6.07, 6.45) is 5.85. The Hall–Kier alpha value is -0.700. The Morgan fingerprint density at radius 1 is 1.58 bits per heavy atom. The van der Waals surface area contributed by atoms with Crippen LogP contribution in [0.2, 0.25) is 0 Å². The summed E-state index contributed by atoms with van der Waals surface area (Å²) < 4.78 is 1.96. The van der Waals surface area contributed by atoms with E-state index in [1.807, 2.05) is 17.8 Å². The lowest BCUT2D eigenvalue weighted by Gasteiger charge is -2.03. The number of anilines is 1. The van der Waals surface area contributed by atoms with Crippen LogP contribution in [0.4, 0.5) is 5.95 Å². The van der Waals surface area contributed by atoms with Gasteiger partial charge in [0.1, 0.15) is 0 Å². The molecular formula is C8H14ClN3. The fraction of sp³-hybridized carbons (Fsp3) is 0.625. The smallest absolute Gasteiger partial charge is 0.202 e. The minimum Gasteiger partial charge on any atom is -0.356 e. The highest BCUT2D eigenvalue weighted by Gasteiger charge is 1.95. The van der Waals surface area contributed by atoms with Gasteiger partial charge in [-0.25, -0.2) is 4.98 Å². The Bertz CT molecular complexity index is 222. The van der Waals surface area contributed by atoms with Crippen LogP contribution in [0.3, 0.4) is 0 Å². The van der Waals surface area contributed by atoms with Gasteiger partial charge in [-0.1, -0.05) is 0 Å². The molecule has 0 spiro atoms. The first-order valence-corrected chi connectivity index (χ1v) is 4.65. The average molecular weight is 188 g/mol. The highest BCUT2D eigenvalue weighted by molar-refractivity contribution is 6.17. The monoisotopic (exact) mass is 187 g/mol. The molecule has 0 atom stereocenters. The van der Waals surface area contributed by atoms with Crippen molar-refractivity contribution in [2.75, 3.05) is 17.7 Å². The lowest BCUT2D eigenvalue weighted by atomic mass is 10.3. The lowest BCUT2D eigenvalue weighted by Crippen LogP contribution is -2.06. The van der Waals surface area contributed by atoms with Crippen LogP contribution in [0.15, 0.2) is 12.4 Å². The third-order valence-electron chi connectivity index (χ3n) is 1.66. The van der Waals surface area contributed by atoms with Gasteiger partial charge in [-0.05, 0) is 12.8 Å². The van der Waals surface area contributed by atoms with E-state index in [0.29, 0.717) is 0 Å². The number of aromatic nitrogens is 2. The van der Waals surface area contributed by atoms with Crippen molar-refractivity contribution in [3.05, 3.63) is 12.4 Å². The molecule has 0 aliphatic heterocycles. The zero-order chi connectivity index (χ0) is 8.81. The van der Waals surface area contributed by atoms with Crippen molar-refractivity contribution in [1.29, 1.82) is 0 Å². The summed E-state index contributed by atoms with van der Waals surface area (Å²) in [7, 11) is 1.97. The van der Waals surface area contributed by atoms with Crippen molar-refractivity contribution in [2.24, 2.45) is 7.05 Å². The quantitative estimate of drug-likeness (QED) is 0.563. The van der Waals surface area contributed by atoms with Crippen LogP contribution < -0.4 is 5.32 Å². The van der Waals surface area contributed by atoms with Crippen LogP contribution in [0.5, 0.6) is 0 Å². The Balaban J connectivity index is 2.20. The summed E-state index contributed by atoms with van der Waals surface area (Å²) in [5, 5.41) is 3.22. The summed E-state index contributed by atoms with van der Waals surface area (Å²) in [6, 6.07) is 0. The Labute approximate surface area is 77.7 Å². The Kier molecular flexibility index (Phi) is 3.94. The predicted molar refractivity (Wildman–Crippen MR) is 51.7 cm³/mol. The van der Waals surface area contributed by atoms with Gasteiger partial charge in [0.25, 0.3) is 0 Å². The van der Waals surface area contributed by atoms with E-state index in [1.165, 1.54) is 0 Å². The third-order valence-corrected chi connectivity index (χ3v) is 1.93. The largest absolute Gasteiger partial charge is 0.356 e. The minimum atomic E-state index is 0.738. The molecule has 0 saturated heterocycles. The van der Waals surface area contributed by atoms with E-state index in [0.717, 1.165) is 31.2 Å². The summed E-state index contributed by atoms with van der Waals surface area (Å²) in [4.78, 5) is 4.13. The number of rotatable bonds is 5. The normalized spacial score (nSPS) is 10.2. The van der Waals surface area contributed by atoms with Gasteiger partial charge in [0.2, 0.25) is 5.95 Å². The molecule has 0 aliphatic rings. The van der Waals surface area contributed by atoms with Gasteiger partial charge in [-0.3, -0.25) is 0 Å². The van der Waals surface area contributed by atoms with Crippen LogP contribution in [0.1, 0.15) is 12.8 Å². The maximum Gasteiger partial charge on any atom is 0.202 e. The van der Waals surface area contributed by atoms with Crippen molar-refractivity contribution in [3.63, 3.8) is 0 Å². The number of halogens is 1. The van der Waals surface area contributed by atoms with E-state index in [1.54, 1.807) is 6.20 Å². The summed E-state index contributed by atoms with van der Waals surface area (Å²) in [5.41, 5.74) is 0. The van der Waals surface area contributed by atoms with Crippen LogP contribution in [0.25, 0.3) is 0 Å². The Morgan fingerprint density at radius 3 is 3.00 bits per heavy atom. The molecule has 4 heteroatoms. The van der Waals surface area contributed by atoms with E-state index in [9.17, 15) is 0 Å². The first-order chi connectivity index (χ1) is 5.84. The van der Waals surface area contributed by atoms with Crippen LogP contribution in [-0.4, -0.2) is 22.0 Å². The molecule has 1 aromatic heterocycles. The number of hydrogen-bond donors (Lipinski definition) is 1. The van der Waals surface area contributed by atoms with E-state index in [-0.39, 0.29) is 0 Å². The van der Waals surface area contributed by atoms with Gasteiger partial charge >= 0.3 is 0 Å². The second kappa shape index (κ2) is 5.04. The summed E-state index contributed by atoms with van der Waals surface area (Å²) >= 11 is 5.54. The fourth-order valence-electron chi connectivity index (χ4n) is 0.956. The van der Waals surface area contributed by atoms with Gasteiger partial charge < -0.3 is 9.88 Å². The molecule has 0 bridgehead atoms. The minimum absolute atomic E-state index is 0.738. The zero-order valence-electron chi connectivity index (χ0n) is 7.26. The average Bonchev–Trinajstić information content (AvgIpc) is 2.46. The fourth-order valence-corrected chi connectivity index (χ4v) is 1.14. The van der Waals surface area contributed by atoms with Gasteiger partial charge in [-0.15, -0.1) is 11.6 Å². The Morgan fingerprint density at radius 2 is 2.42 bits per heavy atom. The molecule has 0 aromatic carbocycles. The molecule has 0 unspecified atom stereocenters. The van der Waals surface area contributed by atoms with E-state index < -0.39 is 0 Å². The van der Waals surface area contributed by atoms with Gasteiger partial charge in [0.05, 0.1) is 0 Å². The van der Waals surface area contributed by atoms with E-state index in [4.69, 9.17) is 11.6 Å². The van der Waals surface area contributed by atoms with Crippen LogP contribution in [0, 0.1) is 0 Å². The van der Waals surface area contributed by atoms with Crippen molar-refractivity contribution in [2.45, 2.75) is 12.8 Å². The van der Waals surface area contributed by atoms with Crippen molar-refractivity contribution >= 4 is 17.5 Å². The highest BCUT2D eigenvalue weighted by Crippen LogP contribution is 2.01. The molecule has 3 nitrogen and oxygen atoms in total. The number of aryl methyl sites for hydroxylation is 1. The molecule has 1 heterocycles. The van der Waals surface area contributed by atoms with E-state index in [2.05, 4.69) is 10.3 Å². The van der Waals surface area contributed by atoms with Crippen molar-refractivity contribution in [1.82, 2.24) is 9.55 Å². The standard InChI is InChI=1S/C8H14ClN3/c1-12-7-6-11-8(12)10-5-3-2-4-9/h6-7H,2-5H2,1H3,(H,10,11). The SMILES string of the molecule is Cn1ccnc1NCCCCCl. The first kappa shape index (κ1) is 9.39. The van der Waals surface area contributed by atoms with Gasteiger partial charge in [-0.2, -0.15) is 0 Å². The van der Waals surface area contributed by atoms with Crippen molar-refractivity contribution < 1.29 is 0 Å².